The fraction of sp³-hybridized carbons (Fsp3) is 0.800. The molecule has 0 heterocycles. The molecular weight excluding hydrogens is 196 g/mol. The molecule has 0 saturated heterocycles. The van der Waals surface area contributed by atoms with Crippen LogP contribution >= 0.6 is 0 Å². The van der Waals surface area contributed by atoms with Crippen molar-refractivity contribution in [1.82, 2.24) is 0 Å². The Morgan fingerprint density at radius 1 is 1.19 bits per heavy atom. The highest BCUT2D eigenvalue weighted by molar-refractivity contribution is 5.81. The van der Waals surface area contributed by atoms with E-state index in [1.54, 1.807) is 0 Å². The second-order valence-corrected chi connectivity index (χ2v) is 5.67. The molecule has 0 amide bonds. The highest BCUT2D eigenvalue weighted by atomic mass is 16.1. The second kappa shape index (κ2) is 5.65. The summed E-state index contributed by atoms with van der Waals surface area (Å²) >= 11 is 0. The lowest BCUT2D eigenvalue weighted by Crippen LogP contribution is -2.20. The summed E-state index contributed by atoms with van der Waals surface area (Å²) in [5.41, 5.74) is 1.49. The van der Waals surface area contributed by atoms with Gasteiger partial charge >= 0.3 is 0 Å². The van der Waals surface area contributed by atoms with E-state index in [1.165, 1.54) is 44.1 Å². The van der Waals surface area contributed by atoms with E-state index in [0.717, 1.165) is 19.3 Å². The first-order chi connectivity index (χ1) is 7.75. The van der Waals surface area contributed by atoms with E-state index in [2.05, 4.69) is 13.0 Å². The summed E-state index contributed by atoms with van der Waals surface area (Å²) in [6, 6.07) is 0. The van der Waals surface area contributed by atoms with Crippen LogP contribution in [0.15, 0.2) is 11.6 Å². The molecule has 0 N–H and O–H groups in total. The lowest BCUT2D eigenvalue weighted by Gasteiger charge is -2.24. The van der Waals surface area contributed by atoms with Crippen LogP contribution in [0.5, 0.6) is 0 Å². The molecule has 2 rings (SSSR count). The predicted molar refractivity (Wildman–Crippen MR) is 67.3 cm³/mol. The first-order valence-corrected chi connectivity index (χ1v) is 6.95. The fourth-order valence-electron chi connectivity index (χ4n) is 3.22. The van der Waals surface area contributed by atoms with Crippen molar-refractivity contribution in [1.29, 1.82) is 0 Å². The minimum Gasteiger partial charge on any atom is -0.299 e. The lowest BCUT2D eigenvalue weighted by atomic mass is 9.80. The third-order valence-electron chi connectivity index (χ3n) is 4.19. The van der Waals surface area contributed by atoms with Gasteiger partial charge in [-0.2, -0.15) is 0 Å². The van der Waals surface area contributed by atoms with E-state index in [1.807, 2.05) is 0 Å². The van der Waals surface area contributed by atoms with Crippen LogP contribution in [0.1, 0.15) is 64.7 Å². The molecule has 1 saturated carbocycles. The monoisotopic (exact) mass is 220 g/mol. The molecule has 1 unspecified atom stereocenters. The molecular formula is C15H24O. The van der Waals surface area contributed by atoms with Crippen molar-refractivity contribution in [2.24, 2.45) is 11.8 Å². The van der Waals surface area contributed by atoms with E-state index < -0.39 is 0 Å². The van der Waals surface area contributed by atoms with Crippen molar-refractivity contribution in [2.75, 3.05) is 0 Å². The molecule has 0 bridgehead atoms. The molecule has 0 aliphatic heterocycles. The van der Waals surface area contributed by atoms with Crippen molar-refractivity contribution < 1.29 is 4.79 Å². The Morgan fingerprint density at radius 2 is 1.94 bits per heavy atom. The number of rotatable bonds is 3. The van der Waals surface area contributed by atoms with Gasteiger partial charge in [0.25, 0.3) is 0 Å². The van der Waals surface area contributed by atoms with E-state index in [9.17, 15) is 4.79 Å². The molecule has 16 heavy (non-hydrogen) atoms. The molecule has 0 aromatic heterocycles. The Labute approximate surface area is 99.3 Å². The van der Waals surface area contributed by atoms with Crippen molar-refractivity contribution in [3.05, 3.63) is 11.6 Å². The van der Waals surface area contributed by atoms with Crippen LogP contribution in [0.4, 0.5) is 0 Å². The molecule has 1 fully saturated rings. The van der Waals surface area contributed by atoms with Gasteiger partial charge in [-0.3, -0.25) is 4.79 Å². The summed E-state index contributed by atoms with van der Waals surface area (Å²) in [5.74, 6) is 1.52. The Kier molecular flexibility index (Phi) is 4.20. The summed E-state index contributed by atoms with van der Waals surface area (Å²) in [4.78, 5) is 12.1. The molecule has 2 aliphatic rings. The highest BCUT2D eigenvalue weighted by Crippen LogP contribution is 2.30. The Bertz CT molecular complexity index is 271. The van der Waals surface area contributed by atoms with Crippen LogP contribution in [-0.4, -0.2) is 5.78 Å². The van der Waals surface area contributed by atoms with Crippen molar-refractivity contribution in [2.45, 2.75) is 64.7 Å². The summed E-state index contributed by atoms with van der Waals surface area (Å²) in [5, 5.41) is 0. The number of carbonyl (C=O) groups is 1. The molecule has 90 valence electrons. The number of Topliss-reactive ketones (excluding diaryl/α,β-unsaturated/α-hetero) is 1. The van der Waals surface area contributed by atoms with Gasteiger partial charge in [0.1, 0.15) is 5.78 Å². The van der Waals surface area contributed by atoms with Gasteiger partial charge in [0.05, 0.1) is 0 Å². The van der Waals surface area contributed by atoms with E-state index in [-0.39, 0.29) is 0 Å². The molecule has 1 heteroatoms. The summed E-state index contributed by atoms with van der Waals surface area (Å²) < 4.78 is 0. The minimum atomic E-state index is 0.407. The quantitative estimate of drug-likeness (QED) is 0.649. The van der Waals surface area contributed by atoms with Crippen LogP contribution in [0.2, 0.25) is 0 Å². The average Bonchev–Trinajstić information content (AvgIpc) is 2.30. The van der Waals surface area contributed by atoms with Gasteiger partial charge in [0.15, 0.2) is 0 Å². The number of hydrogen-bond acceptors (Lipinski definition) is 1. The highest BCUT2D eigenvalue weighted by Gasteiger charge is 2.23. The maximum absolute atomic E-state index is 12.1. The van der Waals surface area contributed by atoms with Crippen molar-refractivity contribution >= 4 is 5.78 Å². The van der Waals surface area contributed by atoms with E-state index in [0.29, 0.717) is 17.6 Å². The van der Waals surface area contributed by atoms with Gasteiger partial charge in [-0.15, -0.1) is 0 Å². The number of carbonyl (C=O) groups excluding carboxylic acids is 1. The summed E-state index contributed by atoms with van der Waals surface area (Å²) in [6.45, 7) is 2.21. The standard InChI is InChI=1S/C15H24O/c1-12-6-5-7-13(10-12)11-15(16)14-8-3-2-4-9-14/h10,13-14H,2-9,11H2,1H3. The van der Waals surface area contributed by atoms with Crippen LogP contribution in [0.25, 0.3) is 0 Å². The molecule has 1 nitrogen and oxygen atoms in total. The molecule has 1 atom stereocenters. The number of hydrogen-bond donors (Lipinski definition) is 0. The maximum Gasteiger partial charge on any atom is 0.136 e. The Morgan fingerprint density at radius 3 is 2.62 bits per heavy atom. The van der Waals surface area contributed by atoms with Gasteiger partial charge in [0.2, 0.25) is 0 Å². The zero-order valence-corrected chi connectivity index (χ0v) is 10.5. The number of ketones is 1. The molecule has 0 radical (unpaired) electrons. The van der Waals surface area contributed by atoms with Crippen LogP contribution in [0, 0.1) is 11.8 Å². The SMILES string of the molecule is CC1=CC(CC(=O)C2CCCCC2)CCC1. The van der Waals surface area contributed by atoms with Crippen LogP contribution in [-0.2, 0) is 4.79 Å². The Hall–Kier alpha value is -0.590. The largest absolute Gasteiger partial charge is 0.299 e. The zero-order chi connectivity index (χ0) is 11.4. The maximum atomic E-state index is 12.1. The summed E-state index contributed by atoms with van der Waals surface area (Å²) in [7, 11) is 0. The zero-order valence-electron chi connectivity index (χ0n) is 10.5. The van der Waals surface area contributed by atoms with Gasteiger partial charge in [-0.25, -0.2) is 0 Å². The third kappa shape index (κ3) is 3.20. The normalized spacial score (nSPS) is 27.6. The van der Waals surface area contributed by atoms with Gasteiger partial charge < -0.3 is 0 Å². The smallest absolute Gasteiger partial charge is 0.136 e. The van der Waals surface area contributed by atoms with E-state index in [4.69, 9.17) is 0 Å². The van der Waals surface area contributed by atoms with Crippen molar-refractivity contribution in [3.63, 3.8) is 0 Å². The van der Waals surface area contributed by atoms with Gasteiger partial charge in [0, 0.05) is 12.3 Å². The third-order valence-corrected chi connectivity index (χ3v) is 4.19. The first kappa shape index (κ1) is 11.9. The molecule has 0 aromatic carbocycles. The second-order valence-electron chi connectivity index (χ2n) is 5.67. The lowest BCUT2D eigenvalue weighted by molar-refractivity contribution is -0.124. The predicted octanol–water partition coefficient (Wildman–Crippen LogP) is 4.27. The van der Waals surface area contributed by atoms with Gasteiger partial charge in [-0.05, 0) is 44.9 Å². The van der Waals surface area contributed by atoms with Gasteiger partial charge in [-0.1, -0.05) is 30.9 Å². The Balaban J connectivity index is 1.84. The molecule has 2 aliphatic carbocycles. The fourth-order valence-corrected chi connectivity index (χ4v) is 3.22. The minimum absolute atomic E-state index is 0.407. The van der Waals surface area contributed by atoms with Crippen LogP contribution in [0.3, 0.4) is 0 Å². The first-order valence-electron chi connectivity index (χ1n) is 6.95. The average molecular weight is 220 g/mol. The molecule has 0 aromatic rings. The number of allylic oxidation sites excluding steroid dienone is 2. The topological polar surface area (TPSA) is 17.1 Å². The molecule has 0 spiro atoms. The van der Waals surface area contributed by atoms with E-state index >= 15 is 0 Å². The summed E-state index contributed by atoms with van der Waals surface area (Å²) in [6.07, 6.45) is 13.1. The van der Waals surface area contributed by atoms with Crippen molar-refractivity contribution in [3.8, 4) is 0 Å². The van der Waals surface area contributed by atoms with Crippen LogP contribution < -0.4 is 0 Å².